The minimum absolute atomic E-state index is 0. The number of piperidine rings is 1. The molecule has 1 aliphatic heterocycles. The van der Waals surface area contributed by atoms with Gasteiger partial charge in [0.15, 0.2) is 0 Å². The van der Waals surface area contributed by atoms with Gasteiger partial charge in [-0.1, -0.05) is 20.8 Å². The average Bonchev–Trinajstić information content (AvgIpc) is 2.00. The maximum absolute atomic E-state index is 2.43. The fourth-order valence-corrected chi connectivity index (χ4v) is 3.41. The van der Waals surface area contributed by atoms with Crippen LogP contribution in [0, 0.1) is 11.3 Å². The molecule has 1 fully saturated rings. The molecule has 1 heterocycles. The lowest BCUT2D eigenvalue weighted by Gasteiger charge is -2.49. The summed E-state index contributed by atoms with van der Waals surface area (Å²) in [6, 6.07) is 0. The molecule has 14 heavy (non-hydrogen) atoms. The molecule has 0 saturated carbocycles. The third-order valence-electron chi connectivity index (χ3n) is 3.71. The zero-order chi connectivity index (χ0) is 10.1. The first-order chi connectivity index (χ1) is 5.93. The Morgan fingerprint density at radius 3 is 2.07 bits per heavy atom. The Morgan fingerprint density at radius 1 is 1.21 bits per heavy atom. The van der Waals surface area contributed by atoms with Gasteiger partial charge in [-0.05, 0) is 20.3 Å². The second kappa shape index (κ2) is 5.15. The SMILES string of the molecule is CC[N+]1(CC)CC(C)CC(C)(C)C1.[I-]. The van der Waals surface area contributed by atoms with E-state index in [2.05, 4.69) is 34.6 Å². The van der Waals surface area contributed by atoms with Crippen molar-refractivity contribution in [2.24, 2.45) is 11.3 Å². The van der Waals surface area contributed by atoms with E-state index in [1.54, 1.807) is 0 Å². The molecule has 1 unspecified atom stereocenters. The summed E-state index contributed by atoms with van der Waals surface area (Å²) in [6.45, 7) is 17.4. The van der Waals surface area contributed by atoms with Crippen molar-refractivity contribution in [3.8, 4) is 0 Å². The third kappa shape index (κ3) is 3.37. The van der Waals surface area contributed by atoms with E-state index in [9.17, 15) is 0 Å². The molecule has 86 valence electrons. The van der Waals surface area contributed by atoms with Gasteiger partial charge in [-0.2, -0.15) is 0 Å². The summed E-state index contributed by atoms with van der Waals surface area (Å²) in [6.07, 6.45) is 1.41. The molecule has 0 aromatic heterocycles. The van der Waals surface area contributed by atoms with Gasteiger partial charge in [0.05, 0.1) is 26.2 Å². The topological polar surface area (TPSA) is 0 Å². The minimum atomic E-state index is 0. The number of hydrogen-bond donors (Lipinski definition) is 0. The summed E-state index contributed by atoms with van der Waals surface area (Å²) in [5, 5.41) is 0. The highest BCUT2D eigenvalue weighted by Gasteiger charge is 2.40. The highest BCUT2D eigenvalue weighted by Crippen LogP contribution is 2.35. The van der Waals surface area contributed by atoms with Crippen LogP contribution in [0.4, 0.5) is 0 Å². The Hall–Kier alpha value is 0.690. The monoisotopic (exact) mass is 311 g/mol. The van der Waals surface area contributed by atoms with E-state index in [-0.39, 0.29) is 24.0 Å². The molecule has 0 amide bonds. The minimum Gasteiger partial charge on any atom is -1.00 e. The molecular formula is C12H26IN. The number of nitrogens with zero attached hydrogens (tertiary/aromatic N) is 1. The van der Waals surface area contributed by atoms with E-state index in [1.165, 1.54) is 37.1 Å². The van der Waals surface area contributed by atoms with Crippen LogP contribution in [0.3, 0.4) is 0 Å². The molecule has 0 aliphatic carbocycles. The second-order valence-electron chi connectivity index (χ2n) is 5.79. The van der Waals surface area contributed by atoms with Gasteiger partial charge in [0.2, 0.25) is 0 Å². The zero-order valence-corrected chi connectivity index (χ0v) is 12.6. The van der Waals surface area contributed by atoms with Gasteiger partial charge in [-0.15, -0.1) is 0 Å². The number of halogens is 1. The van der Waals surface area contributed by atoms with Gasteiger partial charge in [-0.25, -0.2) is 0 Å². The molecule has 1 rings (SSSR count). The molecule has 0 N–H and O–H groups in total. The van der Waals surface area contributed by atoms with Crippen molar-refractivity contribution in [1.29, 1.82) is 0 Å². The highest BCUT2D eigenvalue weighted by molar-refractivity contribution is 4.76. The molecule has 0 aromatic rings. The van der Waals surface area contributed by atoms with Crippen LogP contribution in [0.2, 0.25) is 0 Å². The second-order valence-corrected chi connectivity index (χ2v) is 5.79. The fraction of sp³-hybridized carbons (Fsp3) is 1.00. The molecule has 0 aromatic carbocycles. The van der Waals surface area contributed by atoms with Gasteiger partial charge in [0.25, 0.3) is 0 Å². The Balaban J connectivity index is 0.00000169. The van der Waals surface area contributed by atoms with E-state index in [0.29, 0.717) is 5.41 Å². The molecule has 0 radical (unpaired) electrons. The standard InChI is InChI=1S/C12H26N.HI/c1-6-13(7-2)9-11(3)8-12(4,5)10-13;/h11H,6-10H2,1-5H3;1H/q+1;/p-1. The zero-order valence-electron chi connectivity index (χ0n) is 10.4. The van der Waals surface area contributed by atoms with Crippen molar-refractivity contribution in [3.63, 3.8) is 0 Å². The van der Waals surface area contributed by atoms with Gasteiger partial charge in [0.1, 0.15) is 0 Å². The van der Waals surface area contributed by atoms with Crippen molar-refractivity contribution >= 4 is 0 Å². The lowest BCUT2D eigenvalue weighted by molar-refractivity contribution is -0.939. The predicted octanol–water partition coefficient (Wildman–Crippen LogP) is -0.0870. The Kier molecular flexibility index (Phi) is 5.40. The normalized spacial score (nSPS) is 29.4. The quantitative estimate of drug-likeness (QED) is 0.494. The number of rotatable bonds is 2. The Bertz CT molecular complexity index is 173. The smallest absolute Gasteiger partial charge is 0.0838 e. The van der Waals surface area contributed by atoms with E-state index >= 15 is 0 Å². The van der Waals surface area contributed by atoms with Crippen molar-refractivity contribution in [1.82, 2.24) is 0 Å². The third-order valence-corrected chi connectivity index (χ3v) is 3.71. The van der Waals surface area contributed by atoms with Crippen LogP contribution in [0.25, 0.3) is 0 Å². The van der Waals surface area contributed by atoms with Crippen LogP contribution in [0.15, 0.2) is 0 Å². The number of likely N-dealkylation sites (tertiary alicyclic amines) is 1. The van der Waals surface area contributed by atoms with Crippen LogP contribution in [-0.4, -0.2) is 30.7 Å². The largest absolute Gasteiger partial charge is 1.00 e. The number of hydrogen-bond acceptors (Lipinski definition) is 0. The van der Waals surface area contributed by atoms with Gasteiger partial charge in [-0.3, -0.25) is 0 Å². The Labute approximate surface area is 107 Å². The van der Waals surface area contributed by atoms with Crippen molar-refractivity contribution in [2.45, 2.75) is 41.0 Å². The van der Waals surface area contributed by atoms with Gasteiger partial charge >= 0.3 is 0 Å². The first-order valence-corrected chi connectivity index (χ1v) is 5.78. The average molecular weight is 311 g/mol. The van der Waals surface area contributed by atoms with Crippen LogP contribution < -0.4 is 24.0 Å². The first kappa shape index (κ1) is 14.7. The lowest BCUT2D eigenvalue weighted by atomic mass is 9.78. The molecule has 2 heteroatoms. The highest BCUT2D eigenvalue weighted by atomic mass is 127. The maximum Gasteiger partial charge on any atom is 0.0838 e. The Morgan fingerprint density at radius 2 is 1.71 bits per heavy atom. The summed E-state index contributed by atoms with van der Waals surface area (Å²) in [4.78, 5) is 0. The van der Waals surface area contributed by atoms with E-state index < -0.39 is 0 Å². The molecule has 1 aliphatic rings. The van der Waals surface area contributed by atoms with Crippen molar-refractivity contribution in [2.75, 3.05) is 26.2 Å². The lowest BCUT2D eigenvalue weighted by Crippen LogP contribution is -3.00. The maximum atomic E-state index is 2.43. The molecular weight excluding hydrogens is 285 g/mol. The van der Waals surface area contributed by atoms with E-state index in [4.69, 9.17) is 0 Å². The van der Waals surface area contributed by atoms with Crippen LogP contribution in [-0.2, 0) is 0 Å². The molecule has 0 spiro atoms. The summed E-state index contributed by atoms with van der Waals surface area (Å²) < 4.78 is 1.34. The first-order valence-electron chi connectivity index (χ1n) is 5.78. The summed E-state index contributed by atoms with van der Waals surface area (Å²) in [7, 11) is 0. The molecule has 1 saturated heterocycles. The summed E-state index contributed by atoms with van der Waals surface area (Å²) >= 11 is 0. The van der Waals surface area contributed by atoms with Crippen molar-refractivity contribution < 1.29 is 28.5 Å². The van der Waals surface area contributed by atoms with Gasteiger partial charge in [0, 0.05) is 11.3 Å². The molecule has 0 bridgehead atoms. The van der Waals surface area contributed by atoms with E-state index in [0.717, 1.165) is 5.92 Å². The van der Waals surface area contributed by atoms with Crippen LogP contribution in [0.1, 0.15) is 41.0 Å². The molecule has 1 nitrogen and oxygen atoms in total. The predicted molar refractivity (Wildman–Crippen MR) is 58.6 cm³/mol. The van der Waals surface area contributed by atoms with E-state index in [1.807, 2.05) is 0 Å². The van der Waals surface area contributed by atoms with Crippen LogP contribution in [0.5, 0.6) is 0 Å². The van der Waals surface area contributed by atoms with Gasteiger partial charge < -0.3 is 28.5 Å². The van der Waals surface area contributed by atoms with Crippen molar-refractivity contribution in [3.05, 3.63) is 0 Å². The molecule has 1 atom stereocenters. The van der Waals surface area contributed by atoms with Crippen LogP contribution >= 0.6 is 0 Å². The fourth-order valence-electron chi connectivity index (χ4n) is 3.41. The summed E-state index contributed by atoms with van der Waals surface area (Å²) in [5.41, 5.74) is 0.559. The number of quaternary nitrogens is 1. The summed E-state index contributed by atoms with van der Waals surface area (Å²) in [5.74, 6) is 0.906.